The molecule has 5 heteroatoms. The highest BCUT2D eigenvalue weighted by molar-refractivity contribution is 7.10. The Morgan fingerprint density at radius 2 is 1.95 bits per heavy atom. The topological polar surface area (TPSA) is 12.0 Å². The van der Waals surface area contributed by atoms with E-state index in [1.165, 1.54) is 17.0 Å². The first-order valence-electron chi connectivity index (χ1n) is 6.55. The van der Waals surface area contributed by atoms with Gasteiger partial charge in [-0.05, 0) is 48.4 Å². The molecule has 1 aliphatic carbocycles. The van der Waals surface area contributed by atoms with Gasteiger partial charge in [-0.25, -0.2) is 0 Å². The summed E-state index contributed by atoms with van der Waals surface area (Å²) in [6.45, 7) is 0. The second-order valence-corrected chi connectivity index (χ2v) is 5.93. The van der Waals surface area contributed by atoms with Crippen LogP contribution >= 0.6 is 11.3 Å². The molecular formula is C15H14F3NS. The first kappa shape index (κ1) is 13.5. The SMILES string of the molecule is FC(F)(F)c1ccccc1NC1CCCc2sccc21. The number of fused-ring (bicyclic) bond motifs is 1. The van der Waals surface area contributed by atoms with Crippen molar-refractivity contribution in [3.05, 3.63) is 51.7 Å². The van der Waals surface area contributed by atoms with E-state index in [2.05, 4.69) is 5.32 Å². The Balaban J connectivity index is 1.91. The summed E-state index contributed by atoms with van der Waals surface area (Å²) in [5, 5.41) is 5.10. The van der Waals surface area contributed by atoms with E-state index in [1.54, 1.807) is 17.4 Å². The number of nitrogens with one attached hydrogen (secondary N) is 1. The van der Waals surface area contributed by atoms with Gasteiger partial charge in [-0.15, -0.1) is 11.3 Å². The van der Waals surface area contributed by atoms with Crippen molar-refractivity contribution in [3.8, 4) is 0 Å². The van der Waals surface area contributed by atoms with Gasteiger partial charge in [-0.2, -0.15) is 13.2 Å². The molecule has 106 valence electrons. The van der Waals surface area contributed by atoms with Gasteiger partial charge in [0.15, 0.2) is 0 Å². The maximum atomic E-state index is 13.0. The lowest BCUT2D eigenvalue weighted by Crippen LogP contribution is -2.18. The van der Waals surface area contributed by atoms with Gasteiger partial charge in [0.25, 0.3) is 0 Å². The van der Waals surface area contributed by atoms with Gasteiger partial charge >= 0.3 is 6.18 Å². The number of benzene rings is 1. The van der Waals surface area contributed by atoms with E-state index in [-0.39, 0.29) is 11.7 Å². The van der Waals surface area contributed by atoms with Crippen molar-refractivity contribution in [2.24, 2.45) is 0 Å². The summed E-state index contributed by atoms with van der Waals surface area (Å²) in [6, 6.07) is 7.68. The first-order valence-corrected chi connectivity index (χ1v) is 7.42. The Labute approximate surface area is 119 Å². The zero-order chi connectivity index (χ0) is 14.2. The average Bonchev–Trinajstić information content (AvgIpc) is 2.87. The predicted molar refractivity (Wildman–Crippen MR) is 75.1 cm³/mol. The number of rotatable bonds is 2. The van der Waals surface area contributed by atoms with Gasteiger partial charge in [-0.3, -0.25) is 0 Å². The van der Waals surface area contributed by atoms with Crippen LogP contribution in [-0.2, 0) is 12.6 Å². The van der Waals surface area contributed by atoms with Gasteiger partial charge in [-0.1, -0.05) is 12.1 Å². The number of thiophene rings is 1. The number of alkyl halides is 3. The van der Waals surface area contributed by atoms with Crippen LogP contribution in [0.25, 0.3) is 0 Å². The Kier molecular flexibility index (Phi) is 3.46. The third-order valence-electron chi connectivity index (χ3n) is 3.61. The summed E-state index contributed by atoms with van der Waals surface area (Å²) >= 11 is 1.69. The smallest absolute Gasteiger partial charge is 0.378 e. The van der Waals surface area contributed by atoms with E-state index in [4.69, 9.17) is 0 Å². The Bertz CT molecular complexity index is 603. The molecule has 1 aromatic carbocycles. The summed E-state index contributed by atoms with van der Waals surface area (Å²) in [5.41, 5.74) is 0.727. The lowest BCUT2D eigenvalue weighted by Gasteiger charge is -2.26. The molecule has 1 heterocycles. The van der Waals surface area contributed by atoms with Crippen molar-refractivity contribution in [2.45, 2.75) is 31.5 Å². The molecule has 0 fully saturated rings. The van der Waals surface area contributed by atoms with E-state index in [1.807, 2.05) is 11.4 Å². The molecule has 1 aromatic heterocycles. The average molecular weight is 297 g/mol. The Hall–Kier alpha value is -1.49. The number of para-hydroxylation sites is 1. The summed E-state index contributed by atoms with van der Waals surface area (Å²) in [5.74, 6) is 0. The van der Waals surface area contributed by atoms with Crippen molar-refractivity contribution < 1.29 is 13.2 Å². The molecule has 20 heavy (non-hydrogen) atoms. The molecule has 1 aliphatic rings. The minimum atomic E-state index is -4.32. The second kappa shape index (κ2) is 5.13. The highest BCUT2D eigenvalue weighted by Crippen LogP contribution is 2.39. The fourth-order valence-electron chi connectivity index (χ4n) is 2.68. The zero-order valence-electron chi connectivity index (χ0n) is 10.7. The third-order valence-corrected chi connectivity index (χ3v) is 4.61. The first-order chi connectivity index (χ1) is 9.55. The Morgan fingerprint density at radius 3 is 2.75 bits per heavy atom. The standard InChI is InChI=1S/C15H14F3NS/c16-15(17,18)11-4-1-2-5-13(11)19-12-6-3-7-14-10(12)8-9-20-14/h1-2,4-5,8-9,12,19H,3,6-7H2. The maximum Gasteiger partial charge on any atom is 0.418 e. The van der Waals surface area contributed by atoms with Crippen LogP contribution in [0.4, 0.5) is 18.9 Å². The fraction of sp³-hybridized carbons (Fsp3) is 0.333. The van der Waals surface area contributed by atoms with E-state index < -0.39 is 11.7 Å². The van der Waals surface area contributed by atoms with Crippen LogP contribution in [0.2, 0.25) is 0 Å². The van der Waals surface area contributed by atoms with Crippen molar-refractivity contribution in [1.82, 2.24) is 0 Å². The van der Waals surface area contributed by atoms with Gasteiger partial charge < -0.3 is 5.32 Å². The van der Waals surface area contributed by atoms with Crippen molar-refractivity contribution in [2.75, 3.05) is 5.32 Å². The van der Waals surface area contributed by atoms with Crippen LogP contribution in [0.1, 0.15) is 34.9 Å². The number of hydrogen-bond acceptors (Lipinski definition) is 2. The lowest BCUT2D eigenvalue weighted by molar-refractivity contribution is -0.137. The Morgan fingerprint density at radius 1 is 1.15 bits per heavy atom. The van der Waals surface area contributed by atoms with Gasteiger partial charge in [0.2, 0.25) is 0 Å². The van der Waals surface area contributed by atoms with Crippen LogP contribution in [0, 0.1) is 0 Å². The van der Waals surface area contributed by atoms with Crippen molar-refractivity contribution in [3.63, 3.8) is 0 Å². The van der Waals surface area contributed by atoms with Crippen LogP contribution < -0.4 is 5.32 Å². The molecule has 1 N–H and O–H groups in total. The molecule has 2 aromatic rings. The molecule has 0 spiro atoms. The molecule has 0 saturated carbocycles. The van der Waals surface area contributed by atoms with Gasteiger partial charge in [0, 0.05) is 10.6 Å². The van der Waals surface area contributed by atoms with E-state index >= 15 is 0 Å². The van der Waals surface area contributed by atoms with Gasteiger partial charge in [0.1, 0.15) is 0 Å². The summed E-state index contributed by atoms with van der Waals surface area (Å²) in [6.07, 6.45) is -1.41. The van der Waals surface area contributed by atoms with Crippen molar-refractivity contribution in [1.29, 1.82) is 0 Å². The van der Waals surface area contributed by atoms with Gasteiger partial charge in [0.05, 0.1) is 11.6 Å². The van der Waals surface area contributed by atoms with Crippen LogP contribution in [-0.4, -0.2) is 0 Å². The predicted octanol–water partition coefficient (Wildman–Crippen LogP) is 5.26. The zero-order valence-corrected chi connectivity index (χ0v) is 11.5. The van der Waals surface area contributed by atoms with E-state index in [0.717, 1.165) is 30.9 Å². The van der Waals surface area contributed by atoms with E-state index in [9.17, 15) is 13.2 Å². The van der Waals surface area contributed by atoms with Crippen LogP contribution in [0.3, 0.4) is 0 Å². The monoisotopic (exact) mass is 297 g/mol. The number of anilines is 1. The highest BCUT2D eigenvalue weighted by atomic mass is 32.1. The summed E-state index contributed by atoms with van der Waals surface area (Å²) in [7, 11) is 0. The molecule has 0 radical (unpaired) electrons. The highest BCUT2D eigenvalue weighted by Gasteiger charge is 2.34. The normalized spacial score (nSPS) is 18.6. The molecule has 0 aliphatic heterocycles. The number of hydrogen-bond donors (Lipinski definition) is 1. The summed E-state index contributed by atoms with van der Waals surface area (Å²) < 4.78 is 39.0. The van der Waals surface area contributed by atoms with Crippen molar-refractivity contribution >= 4 is 17.0 Å². The second-order valence-electron chi connectivity index (χ2n) is 4.93. The van der Waals surface area contributed by atoms with Crippen LogP contribution in [0.5, 0.6) is 0 Å². The molecule has 1 nitrogen and oxygen atoms in total. The minimum absolute atomic E-state index is 0.0199. The number of halogens is 3. The largest absolute Gasteiger partial charge is 0.418 e. The third kappa shape index (κ3) is 2.54. The molecule has 0 amide bonds. The quantitative estimate of drug-likeness (QED) is 0.797. The minimum Gasteiger partial charge on any atom is -0.378 e. The molecule has 3 rings (SSSR count). The fourth-order valence-corrected chi connectivity index (χ4v) is 3.67. The molecule has 1 unspecified atom stereocenters. The van der Waals surface area contributed by atoms with E-state index in [0.29, 0.717) is 0 Å². The maximum absolute atomic E-state index is 13.0. The molecular weight excluding hydrogens is 283 g/mol. The number of aryl methyl sites for hydroxylation is 1. The molecule has 0 saturated heterocycles. The van der Waals surface area contributed by atoms with Crippen LogP contribution in [0.15, 0.2) is 35.7 Å². The summed E-state index contributed by atoms with van der Waals surface area (Å²) in [4.78, 5) is 1.29. The molecule has 1 atom stereocenters. The molecule has 0 bridgehead atoms. The lowest BCUT2D eigenvalue weighted by atomic mass is 9.93.